The lowest BCUT2D eigenvalue weighted by Gasteiger charge is -2.07. The summed E-state index contributed by atoms with van der Waals surface area (Å²) in [5, 5.41) is 14.4. The molecular weight excluding hydrogens is 289 g/mol. The smallest absolute Gasteiger partial charge is 0.416 e. The Balaban J connectivity index is 0.000000885. The first-order valence-electron chi connectivity index (χ1n) is 5.54. The van der Waals surface area contributed by atoms with Crippen molar-refractivity contribution in [1.82, 2.24) is 0 Å². The Bertz CT molecular complexity index is 546. The summed E-state index contributed by atoms with van der Waals surface area (Å²) >= 11 is 0. The first-order chi connectivity index (χ1) is 9.54. The lowest BCUT2D eigenvalue weighted by molar-refractivity contribution is -0.137. The highest BCUT2D eigenvalue weighted by Crippen LogP contribution is 2.29. The molecule has 1 aromatic rings. The van der Waals surface area contributed by atoms with Gasteiger partial charge in [0.25, 0.3) is 5.97 Å². The van der Waals surface area contributed by atoms with Crippen LogP contribution in [0.25, 0.3) is 0 Å². The minimum Gasteiger partial charge on any atom is -0.481 e. The van der Waals surface area contributed by atoms with Gasteiger partial charge >= 0.3 is 6.18 Å². The van der Waals surface area contributed by atoms with Gasteiger partial charge in [-0.1, -0.05) is 12.1 Å². The Hall–Kier alpha value is -2.58. The number of benzene rings is 1. The Morgan fingerprint density at radius 1 is 1.19 bits per heavy atom. The number of nitrogens with zero attached hydrogens (tertiary/aromatic N) is 2. The fourth-order valence-corrected chi connectivity index (χ4v) is 1.11. The van der Waals surface area contributed by atoms with Crippen molar-refractivity contribution in [2.24, 2.45) is 21.7 Å². The number of carboxylic acids is 1. The van der Waals surface area contributed by atoms with Crippen LogP contribution in [-0.4, -0.2) is 22.7 Å². The van der Waals surface area contributed by atoms with E-state index >= 15 is 0 Å². The van der Waals surface area contributed by atoms with Crippen molar-refractivity contribution in [2.45, 2.75) is 20.0 Å². The van der Waals surface area contributed by atoms with E-state index < -0.39 is 17.7 Å². The van der Waals surface area contributed by atoms with Gasteiger partial charge in [0, 0.05) is 6.92 Å². The van der Waals surface area contributed by atoms with E-state index in [2.05, 4.69) is 10.2 Å². The minimum absolute atomic E-state index is 0.253. The predicted octanol–water partition coefficient (Wildman–Crippen LogP) is 1.79. The van der Waals surface area contributed by atoms with E-state index in [0.717, 1.165) is 19.1 Å². The zero-order valence-corrected chi connectivity index (χ0v) is 11.3. The Labute approximate surface area is 119 Å². The molecule has 0 aliphatic carbocycles. The number of alkyl halides is 3. The van der Waals surface area contributed by atoms with Crippen molar-refractivity contribution in [2.75, 3.05) is 0 Å². The summed E-state index contributed by atoms with van der Waals surface area (Å²) in [6, 6.07) is 4.77. The van der Waals surface area contributed by atoms with Gasteiger partial charge < -0.3 is 16.6 Å². The molecule has 0 saturated carbocycles. The van der Waals surface area contributed by atoms with Gasteiger partial charge in [0.2, 0.25) is 5.96 Å². The van der Waals surface area contributed by atoms with Gasteiger partial charge in [-0.15, -0.1) is 5.10 Å². The predicted molar refractivity (Wildman–Crippen MR) is 72.8 cm³/mol. The maximum Gasteiger partial charge on any atom is 0.416 e. The third-order valence-corrected chi connectivity index (χ3v) is 1.92. The average Bonchev–Trinajstić information content (AvgIpc) is 2.34. The van der Waals surface area contributed by atoms with E-state index in [0.29, 0.717) is 11.3 Å². The summed E-state index contributed by atoms with van der Waals surface area (Å²) in [4.78, 5) is 9.00. The van der Waals surface area contributed by atoms with E-state index in [9.17, 15) is 13.2 Å². The number of nitrogens with two attached hydrogens (primary N) is 2. The first-order valence-corrected chi connectivity index (χ1v) is 5.54. The summed E-state index contributed by atoms with van der Waals surface area (Å²) in [7, 11) is 0. The van der Waals surface area contributed by atoms with Crippen molar-refractivity contribution < 1.29 is 23.1 Å². The van der Waals surface area contributed by atoms with Crippen molar-refractivity contribution in [1.29, 1.82) is 0 Å². The van der Waals surface area contributed by atoms with Crippen LogP contribution in [0.2, 0.25) is 0 Å². The molecule has 6 nitrogen and oxygen atoms in total. The molecule has 0 bridgehead atoms. The van der Waals surface area contributed by atoms with Crippen molar-refractivity contribution in [3.05, 3.63) is 35.4 Å². The first kappa shape index (κ1) is 18.4. The molecule has 0 spiro atoms. The standard InChI is InChI=1S/C10H11F3N4.C2H4O2/c1-6(16-17-9(14)15)7-3-2-4-8(5-7)10(11,12)13;1-2(3)4/h2-5H,1H3,(H4,14,15,17);1H3,(H,3,4)/b16-6+;. The Morgan fingerprint density at radius 2 is 1.71 bits per heavy atom. The highest BCUT2D eigenvalue weighted by molar-refractivity contribution is 5.99. The van der Waals surface area contributed by atoms with E-state index in [-0.39, 0.29) is 5.96 Å². The molecule has 0 amide bonds. The molecule has 21 heavy (non-hydrogen) atoms. The van der Waals surface area contributed by atoms with Crippen LogP contribution in [0.4, 0.5) is 13.2 Å². The maximum atomic E-state index is 12.4. The maximum absolute atomic E-state index is 12.4. The summed E-state index contributed by atoms with van der Waals surface area (Å²) in [5.74, 6) is -1.09. The van der Waals surface area contributed by atoms with Gasteiger partial charge in [0.1, 0.15) is 0 Å². The number of carboxylic acid groups (broad SMARTS) is 1. The van der Waals surface area contributed by atoms with Crippen LogP contribution in [0.3, 0.4) is 0 Å². The largest absolute Gasteiger partial charge is 0.481 e. The second-order valence-electron chi connectivity index (χ2n) is 3.81. The van der Waals surface area contributed by atoms with E-state index in [1.807, 2.05) is 0 Å². The number of halogens is 3. The highest BCUT2D eigenvalue weighted by Gasteiger charge is 2.30. The normalized spacial score (nSPS) is 11.2. The third-order valence-electron chi connectivity index (χ3n) is 1.92. The van der Waals surface area contributed by atoms with Gasteiger partial charge in [-0.25, -0.2) is 0 Å². The van der Waals surface area contributed by atoms with E-state index in [1.54, 1.807) is 0 Å². The summed E-state index contributed by atoms with van der Waals surface area (Å²) in [6.45, 7) is 2.60. The molecule has 0 aliphatic heterocycles. The second-order valence-corrected chi connectivity index (χ2v) is 3.81. The third kappa shape index (κ3) is 8.24. The quantitative estimate of drug-likeness (QED) is 0.439. The minimum atomic E-state index is -4.38. The molecule has 0 radical (unpaired) electrons. The number of carbonyl (C=O) groups is 1. The number of hydrogen-bond donors (Lipinski definition) is 3. The average molecular weight is 304 g/mol. The highest BCUT2D eigenvalue weighted by atomic mass is 19.4. The van der Waals surface area contributed by atoms with E-state index in [1.165, 1.54) is 19.1 Å². The van der Waals surface area contributed by atoms with Crippen LogP contribution >= 0.6 is 0 Å². The zero-order chi connectivity index (χ0) is 16.6. The lowest BCUT2D eigenvalue weighted by Crippen LogP contribution is -2.22. The van der Waals surface area contributed by atoms with Crippen LogP contribution in [-0.2, 0) is 11.0 Å². The van der Waals surface area contributed by atoms with Gasteiger partial charge in [-0.2, -0.15) is 18.3 Å². The molecule has 0 atom stereocenters. The molecule has 0 saturated heterocycles. The molecule has 9 heteroatoms. The molecule has 0 heterocycles. The lowest BCUT2D eigenvalue weighted by atomic mass is 10.1. The molecule has 1 rings (SSSR count). The van der Waals surface area contributed by atoms with Crippen molar-refractivity contribution in [3.8, 4) is 0 Å². The molecule has 1 aromatic carbocycles. The van der Waals surface area contributed by atoms with Crippen LogP contribution < -0.4 is 11.5 Å². The second kappa shape index (κ2) is 7.88. The summed E-state index contributed by atoms with van der Waals surface area (Å²) in [6.07, 6.45) is -4.38. The topological polar surface area (TPSA) is 114 Å². The fourth-order valence-electron chi connectivity index (χ4n) is 1.11. The van der Waals surface area contributed by atoms with Crippen molar-refractivity contribution in [3.63, 3.8) is 0 Å². The van der Waals surface area contributed by atoms with Crippen molar-refractivity contribution >= 4 is 17.6 Å². The molecule has 0 fully saturated rings. The number of guanidine groups is 1. The van der Waals surface area contributed by atoms with Crippen LogP contribution in [0.5, 0.6) is 0 Å². The molecule has 0 aromatic heterocycles. The molecule has 5 N–H and O–H groups in total. The zero-order valence-electron chi connectivity index (χ0n) is 11.3. The molecule has 116 valence electrons. The van der Waals surface area contributed by atoms with Crippen LogP contribution in [0.15, 0.2) is 34.5 Å². The van der Waals surface area contributed by atoms with Gasteiger partial charge in [-0.05, 0) is 24.6 Å². The number of hydrogen-bond acceptors (Lipinski definition) is 3. The van der Waals surface area contributed by atoms with Gasteiger partial charge in [0.05, 0.1) is 11.3 Å². The van der Waals surface area contributed by atoms with Crippen LogP contribution in [0, 0.1) is 0 Å². The monoisotopic (exact) mass is 304 g/mol. The number of rotatable bonds is 2. The molecule has 0 aliphatic rings. The summed E-state index contributed by atoms with van der Waals surface area (Å²) in [5.41, 5.74) is 9.98. The Morgan fingerprint density at radius 3 is 2.14 bits per heavy atom. The summed E-state index contributed by atoms with van der Waals surface area (Å²) < 4.78 is 37.3. The molecule has 0 unspecified atom stereocenters. The SMILES string of the molecule is C/C(=N\N=C(N)N)c1cccc(C(F)(F)F)c1.CC(=O)O. The fraction of sp³-hybridized carbons (Fsp3) is 0.250. The Kier molecular flexibility index (Phi) is 6.91. The van der Waals surface area contributed by atoms with Crippen LogP contribution in [0.1, 0.15) is 25.0 Å². The van der Waals surface area contributed by atoms with Gasteiger partial charge in [-0.3, -0.25) is 4.79 Å². The van der Waals surface area contributed by atoms with E-state index in [4.69, 9.17) is 21.4 Å². The molecular formula is C12H15F3N4O2. The van der Waals surface area contributed by atoms with Gasteiger partial charge in [0.15, 0.2) is 0 Å². The number of aliphatic carboxylic acids is 1.